The minimum Gasteiger partial charge on any atom is -0.464 e. The third-order valence-electron chi connectivity index (χ3n) is 3.85. The van der Waals surface area contributed by atoms with Crippen LogP contribution in [-0.2, 0) is 19.1 Å². The molecule has 0 radical (unpaired) electrons. The van der Waals surface area contributed by atoms with Crippen molar-refractivity contribution in [2.24, 2.45) is 5.92 Å². The van der Waals surface area contributed by atoms with Crippen molar-refractivity contribution >= 4 is 11.9 Å². The van der Waals surface area contributed by atoms with Crippen LogP contribution in [0, 0.1) is 17.2 Å². The number of esters is 2. The number of ether oxygens (including phenoxy) is 2. The first-order chi connectivity index (χ1) is 11.1. The van der Waals surface area contributed by atoms with Gasteiger partial charge >= 0.3 is 11.9 Å². The number of rotatable bonds is 8. The van der Waals surface area contributed by atoms with E-state index in [-0.39, 0.29) is 13.2 Å². The van der Waals surface area contributed by atoms with Crippen LogP contribution in [0.25, 0.3) is 0 Å². The summed E-state index contributed by atoms with van der Waals surface area (Å²) in [4.78, 5) is 23.7. The number of nitrogens with zero attached hydrogens (tertiary/aromatic N) is 1. The molecule has 1 rings (SSSR count). The molecule has 0 heterocycles. The standard InChI is InChI=1S/C17H26N2O4/c1-3-22-16(20)15(17(21)23-4-2)19-12-14(11-18)10-13-8-6-5-7-9-13/h12-13,15,19H,3-10H2,1-2H3/b14-12-. The summed E-state index contributed by atoms with van der Waals surface area (Å²) in [6, 6.07) is 0.909. The Morgan fingerprint density at radius 3 is 2.22 bits per heavy atom. The van der Waals surface area contributed by atoms with E-state index in [2.05, 4.69) is 11.4 Å². The highest BCUT2D eigenvalue weighted by Gasteiger charge is 2.28. The van der Waals surface area contributed by atoms with Gasteiger partial charge in [0.2, 0.25) is 6.04 Å². The average molecular weight is 322 g/mol. The van der Waals surface area contributed by atoms with Crippen molar-refractivity contribution in [3.8, 4) is 6.07 Å². The van der Waals surface area contributed by atoms with E-state index in [1.807, 2.05) is 0 Å². The molecule has 0 aromatic heterocycles. The van der Waals surface area contributed by atoms with E-state index in [1.54, 1.807) is 13.8 Å². The zero-order chi connectivity index (χ0) is 17.1. The van der Waals surface area contributed by atoms with E-state index in [9.17, 15) is 14.9 Å². The second kappa shape index (κ2) is 10.7. The Morgan fingerprint density at radius 1 is 1.17 bits per heavy atom. The number of nitriles is 1. The van der Waals surface area contributed by atoms with Crippen LogP contribution in [0.4, 0.5) is 0 Å². The Balaban J connectivity index is 2.69. The fourth-order valence-corrected chi connectivity index (χ4v) is 2.71. The number of nitrogens with one attached hydrogen (secondary N) is 1. The lowest BCUT2D eigenvalue weighted by Gasteiger charge is -2.21. The number of carbonyl (C=O) groups is 2. The first-order valence-corrected chi connectivity index (χ1v) is 8.30. The third-order valence-corrected chi connectivity index (χ3v) is 3.85. The van der Waals surface area contributed by atoms with Gasteiger partial charge < -0.3 is 14.8 Å². The van der Waals surface area contributed by atoms with Crippen LogP contribution in [0.3, 0.4) is 0 Å². The van der Waals surface area contributed by atoms with E-state index in [4.69, 9.17) is 9.47 Å². The van der Waals surface area contributed by atoms with Gasteiger partial charge in [0.1, 0.15) is 0 Å². The summed E-state index contributed by atoms with van der Waals surface area (Å²) in [7, 11) is 0. The van der Waals surface area contributed by atoms with Crippen molar-refractivity contribution < 1.29 is 19.1 Å². The maximum absolute atomic E-state index is 11.9. The summed E-state index contributed by atoms with van der Waals surface area (Å²) >= 11 is 0. The number of allylic oxidation sites excluding steroid dienone is 1. The molecule has 0 aliphatic heterocycles. The SMILES string of the molecule is CCOC(=O)C(N/C=C(\C#N)CC1CCCCC1)C(=O)OCC. The lowest BCUT2D eigenvalue weighted by Crippen LogP contribution is -2.43. The van der Waals surface area contributed by atoms with Gasteiger partial charge in [0.15, 0.2) is 0 Å². The lowest BCUT2D eigenvalue weighted by atomic mass is 9.85. The number of hydrogen-bond donors (Lipinski definition) is 1. The smallest absolute Gasteiger partial charge is 0.340 e. The van der Waals surface area contributed by atoms with Crippen molar-refractivity contribution in [1.82, 2.24) is 5.32 Å². The van der Waals surface area contributed by atoms with Gasteiger partial charge in [0.25, 0.3) is 0 Å². The molecule has 6 heteroatoms. The van der Waals surface area contributed by atoms with Crippen molar-refractivity contribution in [3.05, 3.63) is 11.8 Å². The first-order valence-electron chi connectivity index (χ1n) is 8.30. The minimum absolute atomic E-state index is 0.174. The fraction of sp³-hybridized carbons (Fsp3) is 0.706. The van der Waals surface area contributed by atoms with Crippen LogP contribution in [0.15, 0.2) is 11.8 Å². The van der Waals surface area contributed by atoms with E-state index in [0.29, 0.717) is 17.9 Å². The summed E-state index contributed by atoms with van der Waals surface area (Å²) < 4.78 is 9.75. The van der Waals surface area contributed by atoms with Gasteiger partial charge in [-0.05, 0) is 26.2 Å². The molecule has 0 atom stereocenters. The molecule has 0 aromatic rings. The maximum Gasteiger partial charge on any atom is 0.340 e. The van der Waals surface area contributed by atoms with Crippen molar-refractivity contribution in [1.29, 1.82) is 5.26 Å². The largest absolute Gasteiger partial charge is 0.464 e. The topological polar surface area (TPSA) is 88.4 Å². The van der Waals surface area contributed by atoms with Gasteiger partial charge in [-0.2, -0.15) is 5.26 Å². The lowest BCUT2D eigenvalue weighted by molar-refractivity contribution is -0.157. The molecule has 23 heavy (non-hydrogen) atoms. The Labute approximate surface area is 137 Å². The predicted molar refractivity (Wildman–Crippen MR) is 85.1 cm³/mol. The van der Waals surface area contributed by atoms with Crippen molar-refractivity contribution in [3.63, 3.8) is 0 Å². The van der Waals surface area contributed by atoms with Crippen LogP contribution in [-0.4, -0.2) is 31.2 Å². The summed E-state index contributed by atoms with van der Waals surface area (Å²) in [6.07, 6.45) is 8.02. The normalized spacial score (nSPS) is 15.8. The quantitative estimate of drug-likeness (QED) is 0.419. The molecule has 6 nitrogen and oxygen atoms in total. The van der Waals surface area contributed by atoms with Crippen molar-refractivity contribution in [2.75, 3.05) is 13.2 Å². The van der Waals surface area contributed by atoms with E-state index < -0.39 is 18.0 Å². The Hall–Kier alpha value is -2.03. The van der Waals surface area contributed by atoms with Gasteiger partial charge in [-0.15, -0.1) is 0 Å². The van der Waals surface area contributed by atoms with Crippen LogP contribution in [0.1, 0.15) is 52.4 Å². The van der Waals surface area contributed by atoms with Crippen LogP contribution in [0.5, 0.6) is 0 Å². The molecule has 0 amide bonds. The highest BCUT2D eigenvalue weighted by Crippen LogP contribution is 2.28. The Morgan fingerprint density at radius 2 is 1.74 bits per heavy atom. The van der Waals surface area contributed by atoms with Gasteiger partial charge in [0, 0.05) is 11.8 Å². The summed E-state index contributed by atoms with van der Waals surface area (Å²) in [5.74, 6) is -0.894. The molecule has 1 aliphatic rings. The molecule has 128 valence electrons. The molecule has 1 saturated carbocycles. The summed E-state index contributed by atoms with van der Waals surface area (Å²) in [5, 5.41) is 12.0. The fourth-order valence-electron chi connectivity index (χ4n) is 2.71. The zero-order valence-corrected chi connectivity index (χ0v) is 14.0. The highest BCUT2D eigenvalue weighted by molar-refractivity contribution is 5.99. The molecule has 0 bridgehead atoms. The second-order valence-corrected chi connectivity index (χ2v) is 5.59. The van der Waals surface area contributed by atoms with Gasteiger partial charge in [-0.1, -0.05) is 32.1 Å². The van der Waals surface area contributed by atoms with E-state index in [1.165, 1.54) is 25.5 Å². The molecular weight excluding hydrogens is 296 g/mol. The molecular formula is C17H26N2O4. The van der Waals surface area contributed by atoms with E-state index >= 15 is 0 Å². The molecule has 0 spiro atoms. The Kier molecular flexibility index (Phi) is 8.81. The number of hydrogen-bond acceptors (Lipinski definition) is 6. The maximum atomic E-state index is 11.9. The third kappa shape index (κ3) is 6.72. The second-order valence-electron chi connectivity index (χ2n) is 5.59. The molecule has 1 aliphatic carbocycles. The summed E-state index contributed by atoms with van der Waals surface area (Å²) in [6.45, 7) is 3.68. The first kappa shape index (κ1) is 19.0. The average Bonchev–Trinajstić information content (AvgIpc) is 2.55. The highest BCUT2D eigenvalue weighted by atomic mass is 16.6. The van der Waals surface area contributed by atoms with Gasteiger partial charge in [0.05, 0.1) is 19.3 Å². The summed E-state index contributed by atoms with van der Waals surface area (Å²) in [5.41, 5.74) is 0.537. The molecule has 0 saturated heterocycles. The molecule has 1 fully saturated rings. The molecule has 0 aromatic carbocycles. The van der Waals surface area contributed by atoms with Gasteiger partial charge in [-0.3, -0.25) is 0 Å². The minimum atomic E-state index is -1.23. The molecule has 0 unspecified atom stereocenters. The van der Waals surface area contributed by atoms with E-state index in [0.717, 1.165) is 12.8 Å². The molecule has 1 N–H and O–H groups in total. The zero-order valence-electron chi connectivity index (χ0n) is 14.0. The van der Waals surface area contributed by atoms with Crippen LogP contribution in [0.2, 0.25) is 0 Å². The van der Waals surface area contributed by atoms with Gasteiger partial charge in [-0.25, -0.2) is 9.59 Å². The van der Waals surface area contributed by atoms with Crippen molar-refractivity contribution in [2.45, 2.75) is 58.4 Å². The van der Waals surface area contributed by atoms with Crippen LogP contribution < -0.4 is 5.32 Å². The Bertz CT molecular complexity index is 444. The number of carbonyl (C=O) groups excluding carboxylic acids is 2. The van der Waals surface area contributed by atoms with Crippen LogP contribution >= 0.6 is 0 Å². The monoisotopic (exact) mass is 322 g/mol. The predicted octanol–water partition coefficient (Wildman–Crippen LogP) is 2.45.